The predicted octanol–water partition coefficient (Wildman–Crippen LogP) is 1.68. The predicted molar refractivity (Wildman–Crippen MR) is 69.6 cm³/mol. The summed E-state index contributed by atoms with van der Waals surface area (Å²) in [5.74, 6) is -1.33. The van der Waals surface area contributed by atoms with Gasteiger partial charge in [0.15, 0.2) is 0 Å². The molecule has 0 aromatic heterocycles. The Morgan fingerprint density at radius 2 is 2.28 bits per heavy atom. The van der Waals surface area contributed by atoms with Gasteiger partial charge in [0.05, 0.1) is 29.9 Å². The number of hydrogen-bond donors (Lipinski definition) is 2. The van der Waals surface area contributed by atoms with Crippen LogP contribution in [0.4, 0.5) is 11.4 Å². The largest absolute Gasteiger partial charge is 0.481 e. The fourth-order valence-electron chi connectivity index (χ4n) is 2.35. The quantitative estimate of drug-likeness (QED) is 0.872. The van der Waals surface area contributed by atoms with E-state index in [-0.39, 0.29) is 18.5 Å². The van der Waals surface area contributed by atoms with E-state index in [9.17, 15) is 9.59 Å². The molecule has 2 atom stereocenters. The van der Waals surface area contributed by atoms with Crippen molar-refractivity contribution < 1.29 is 14.7 Å². The van der Waals surface area contributed by atoms with E-state index >= 15 is 0 Å². The normalized spacial score (nSPS) is 25.4. The zero-order valence-corrected chi connectivity index (χ0v) is 11.0. The summed E-state index contributed by atoms with van der Waals surface area (Å²) >= 11 is 3.38. The Bertz CT molecular complexity index is 546. The Morgan fingerprint density at radius 1 is 1.50 bits per heavy atom. The van der Waals surface area contributed by atoms with Crippen LogP contribution in [0.15, 0.2) is 22.7 Å². The molecule has 2 unspecified atom stereocenters. The molecular formula is C12H11BrN2O3. The average molecular weight is 311 g/mol. The van der Waals surface area contributed by atoms with Crippen molar-refractivity contribution in [1.82, 2.24) is 0 Å². The molecule has 1 aromatic rings. The zero-order valence-electron chi connectivity index (χ0n) is 9.39. The van der Waals surface area contributed by atoms with Crippen LogP contribution >= 0.6 is 15.9 Å². The third-order valence-corrected chi connectivity index (χ3v) is 3.82. The van der Waals surface area contributed by atoms with Gasteiger partial charge in [0.2, 0.25) is 5.91 Å². The highest BCUT2D eigenvalue weighted by molar-refractivity contribution is 9.10. The Hall–Kier alpha value is -1.56. The Kier molecular flexibility index (Phi) is 2.55. The van der Waals surface area contributed by atoms with Crippen LogP contribution in [0.25, 0.3) is 0 Å². The SMILES string of the molecule is O=C(O)C1CC1N1C(=O)CNc2cc(Br)ccc21. The summed E-state index contributed by atoms with van der Waals surface area (Å²) in [4.78, 5) is 24.5. The molecule has 18 heavy (non-hydrogen) atoms. The summed E-state index contributed by atoms with van der Waals surface area (Å²) < 4.78 is 0.925. The average Bonchev–Trinajstić information content (AvgIpc) is 3.09. The highest BCUT2D eigenvalue weighted by Crippen LogP contribution is 2.43. The molecule has 1 fully saturated rings. The minimum atomic E-state index is -0.829. The van der Waals surface area contributed by atoms with Gasteiger partial charge in [-0.25, -0.2) is 0 Å². The number of aliphatic carboxylic acids is 1. The molecule has 6 heteroatoms. The lowest BCUT2D eigenvalue weighted by Gasteiger charge is -2.30. The van der Waals surface area contributed by atoms with Crippen LogP contribution < -0.4 is 10.2 Å². The lowest BCUT2D eigenvalue weighted by Crippen LogP contribution is -2.42. The van der Waals surface area contributed by atoms with Crippen LogP contribution in [0.2, 0.25) is 0 Å². The summed E-state index contributed by atoms with van der Waals surface area (Å²) in [7, 11) is 0. The number of carbonyl (C=O) groups excluding carboxylic acids is 1. The van der Waals surface area contributed by atoms with Crippen LogP contribution in [0, 0.1) is 5.92 Å². The second-order valence-corrected chi connectivity index (χ2v) is 5.44. The summed E-state index contributed by atoms with van der Waals surface area (Å²) in [5, 5.41) is 12.0. The van der Waals surface area contributed by atoms with Gasteiger partial charge in [-0.05, 0) is 24.6 Å². The van der Waals surface area contributed by atoms with E-state index in [4.69, 9.17) is 5.11 Å². The number of benzene rings is 1. The molecule has 94 valence electrons. The van der Waals surface area contributed by atoms with Crippen molar-refractivity contribution in [2.45, 2.75) is 12.5 Å². The molecule has 0 radical (unpaired) electrons. The smallest absolute Gasteiger partial charge is 0.308 e. The topological polar surface area (TPSA) is 69.6 Å². The van der Waals surface area contributed by atoms with Crippen LogP contribution in [0.3, 0.4) is 0 Å². The molecule has 1 saturated carbocycles. The first-order valence-corrected chi connectivity index (χ1v) is 6.45. The highest BCUT2D eigenvalue weighted by Gasteiger charge is 2.50. The Labute approximate surface area is 112 Å². The summed E-state index contributed by atoms with van der Waals surface area (Å²) in [6, 6.07) is 5.38. The van der Waals surface area contributed by atoms with Gasteiger partial charge in [0.1, 0.15) is 0 Å². The second-order valence-electron chi connectivity index (χ2n) is 4.53. The number of nitrogens with zero attached hydrogens (tertiary/aromatic N) is 1. The molecule has 2 aliphatic rings. The van der Waals surface area contributed by atoms with Gasteiger partial charge >= 0.3 is 5.97 Å². The maximum absolute atomic E-state index is 12.0. The van der Waals surface area contributed by atoms with Crippen molar-refractivity contribution in [3.05, 3.63) is 22.7 Å². The minimum absolute atomic E-state index is 0.0708. The van der Waals surface area contributed by atoms with Crippen LogP contribution in [-0.4, -0.2) is 29.6 Å². The van der Waals surface area contributed by atoms with Gasteiger partial charge in [-0.15, -0.1) is 0 Å². The molecular weight excluding hydrogens is 300 g/mol. The van der Waals surface area contributed by atoms with Crippen molar-refractivity contribution in [2.75, 3.05) is 16.8 Å². The first kappa shape index (κ1) is 11.5. The van der Waals surface area contributed by atoms with Crippen LogP contribution in [-0.2, 0) is 9.59 Å². The first-order chi connectivity index (χ1) is 8.58. The maximum Gasteiger partial charge on any atom is 0.308 e. The monoisotopic (exact) mass is 310 g/mol. The zero-order chi connectivity index (χ0) is 12.9. The summed E-state index contributed by atoms with van der Waals surface area (Å²) in [6.07, 6.45) is 0.538. The molecule has 5 nitrogen and oxygen atoms in total. The number of carboxylic acids is 1. The van der Waals surface area contributed by atoms with E-state index < -0.39 is 11.9 Å². The minimum Gasteiger partial charge on any atom is -0.481 e. The third kappa shape index (κ3) is 1.77. The summed E-state index contributed by atoms with van der Waals surface area (Å²) in [6.45, 7) is 0.215. The lowest BCUT2D eigenvalue weighted by atomic mass is 10.2. The molecule has 1 aliphatic heterocycles. The van der Waals surface area contributed by atoms with Gasteiger partial charge in [-0.3, -0.25) is 9.59 Å². The molecule has 0 saturated heterocycles. The van der Waals surface area contributed by atoms with Crippen LogP contribution in [0.5, 0.6) is 0 Å². The lowest BCUT2D eigenvalue weighted by molar-refractivity contribution is -0.138. The maximum atomic E-state index is 12.0. The number of rotatable bonds is 2. The second kappa shape index (κ2) is 3.98. The molecule has 1 amide bonds. The van der Waals surface area contributed by atoms with E-state index in [1.165, 1.54) is 0 Å². The van der Waals surface area contributed by atoms with Gasteiger partial charge in [0, 0.05) is 4.47 Å². The molecule has 1 aromatic carbocycles. The van der Waals surface area contributed by atoms with E-state index in [0.717, 1.165) is 15.8 Å². The number of hydrogen-bond acceptors (Lipinski definition) is 3. The number of carboxylic acid groups (broad SMARTS) is 1. The highest BCUT2D eigenvalue weighted by atomic mass is 79.9. The Morgan fingerprint density at radius 3 is 2.94 bits per heavy atom. The summed E-state index contributed by atoms with van der Waals surface area (Å²) in [5.41, 5.74) is 1.63. The number of amides is 1. The number of fused-ring (bicyclic) bond motifs is 1. The van der Waals surface area contributed by atoms with E-state index in [2.05, 4.69) is 21.2 Å². The standard InChI is InChI=1S/C12H11BrN2O3/c13-6-1-2-9-8(3-6)14-5-11(16)15(9)10-4-7(10)12(17)18/h1-3,7,10,14H,4-5H2,(H,17,18). The number of carbonyl (C=O) groups is 2. The van der Waals surface area contributed by atoms with Crippen molar-refractivity contribution in [1.29, 1.82) is 0 Å². The van der Waals surface area contributed by atoms with Crippen molar-refractivity contribution in [2.24, 2.45) is 5.92 Å². The Balaban J connectivity index is 1.96. The third-order valence-electron chi connectivity index (χ3n) is 3.32. The fourth-order valence-corrected chi connectivity index (χ4v) is 2.71. The van der Waals surface area contributed by atoms with Gasteiger partial charge in [-0.1, -0.05) is 15.9 Å². The van der Waals surface area contributed by atoms with Crippen molar-refractivity contribution in [3.63, 3.8) is 0 Å². The van der Waals surface area contributed by atoms with Crippen molar-refractivity contribution in [3.8, 4) is 0 Å². The molecule has 2 N–H and O–H groups in total. The number of anilines is 2. The van der Waals surface area contributed by atoms with Gasteiger partial charge in [-0.2, -0.15) is 0 Å². The number of nitrogens with one attached hydrogen (secondary N) is 1. The van der Waals surface area contributed by atoms with Crippen LogP contribution in [0.1, 0.15) is 6.42 Å². The molecule has 1 aliphatic carbocycles. The molecule has 3 rings (SSSR count). The van der Waals surface area contributed by atoms with Gasteiger partial charge < -0.3 is 15.3 Å². The van der Waals surface area contributed by atoms with E-state index in [1.54, 1.807) is 4.90 Å². The molecule has 0 bridgehead atoms. The number of halogens is 1. The van der Waals surface area contributed by atoms with E-state index in [0.29, 0.717) is 6.42 Å². The molecule has 0 spiro atoms. The fraction of sp³-hybridized carbons (Fsp3) is 0.333. The molecule has 1 heterocycles. The van der Waals surface area contributed by atoms with Gasteiger partial charge in [0.25, 0.3) is 0 Å². The van der Waals surface area contributed by atoms with E-state index in [1.807, 2.05) is 18.2 Å². The first-order valence-electron chi connectivity index (χ1n) is 5.66. The van der Waals surface area contributed by atoms with Crippen molar-refractivity contribution >= 4 is 39.2 Å².